The van der Waals surface area contributed by atoms with Crippen molar-refractivity contribution in [1.29, 1.82) is 0 Å². The monoisotopic (exact) mass is 464 g/mol. The molecule has 0 aromatic heterocycles. The molecule has 0 aliphatic carbocycles. The maximum Gasteiger partial charge on any atom is 0.481 e. The Balaban J connectivity index is 6.80. The van der Waals surface area contributed by atoms with Crippen molar-refractivity contribution in [3.63, 3.8) is 0 Å². The summed E-state index contributed by atoms with van der Waals surface area (Å²) in [6, 6.07) is 0. The Labute approximate surface area is 133 Å². The smallest absolute Gasteiger partial charge is 0.204 e. The third-order valence-electron chi connectivity index (χ3n) is 1.99. The van der Waals surface area contributed by atoms with Gasteiger partial charge in [0.1, 0.15) is 0 Å². The lowest BCUT2D eigenvalue weighted by Crippen LogP contribution is -2.62. The van der Waals surface area contributed by atoms with Gasteiger partial charge in [-0.25, -0.2) is 16.8 Å². The van der Waals surface area contributed by atoms with Gasteiger partial charge in [-0.2, -0.15) is 57.1 Å². The van der Waals surface area contributed by atoms with Crippen molar-refractivity contribution in [3.05, 3.63) is 0 Å². The maximum atomic E-state index is 13.3. The van der Waals surface area contributed by atoms with Crippen LogP contribution in [-0.2, 0) is 20.0 Å². The van der Waals surface area contributed by atoms with E-state index in [0.29, 0.717) is 0 Å². The average molecular weight is 464 g/mol. The third-order valence-corrected chi connectivity index (χ3v) is 6.23. The van der Waals surface area contributed by atoms with Crippen LogP contribution >= 0.6 is 0 Å². The van der Waals surface area contributed by atoms with Crippen molar-refractivity contribution in [2.75, 3.05) is 0 Å². The zero-order valence-electron chi connectivity index (χ0n) is 10.8. The first-order valence-electron chi connectivity index (χ1n) is 4.88. The van der Waals surface area contributed by atoms with E-state index in [9.17, 15) is 73.9 Å². The molecule has 0 saturated heterocycles. The van der Waals surface area contributed by atoms with Gasteiger partial charge in [-0.05, 0) is 8.61 Å². The Morgan fingerprint density at radius 1 is 0.577 bits per heavy atom. The van der Waals surface area contributed by atoms with Crippen molar-refractivity contribution in [3.8, 4) is 0 Å². The van der Waals surface area contributed by atoms with Gasteiger partial charge in [-0.3, -0.25) is 0 Å². The molecule has 0 saturated carbocycles. The molecular weight excluding hydrogens is 463 g/mol. The van der Waals surface area contributed by atoms with Crippen LogP contribution in [0.4, 0.5) is 57.1 Å². The van der Waals surface area contributed by atoms with E-state index in [0.717, 1.165) is 0 Å². The predicted molar refractivity (Wildman–Crippen MR) is 50.6 cm³/mol. The van der Waals surface area contributed by atoms with Crippen LogP contribution in [0.3, 0.4) is 0 Å². The number of alkyl halides is 13. The Morgan fingerprint density at radius 3 is 1.08 bits per heavy atom. The van der Waals surface area contributed by atoms with Gasteiger partial charge in [-0.15, -0.1) is 0 Å². The molecular formula is C5HF13N2O4S2. The van der Waals surface area contributed by atoms with Crippen LogP contribution in [0.25, 0.3) is 0 Å². The highest BCUT2D eigenvalue weighted by molar-refractivity contribution is 8.07. The highest BCUT2D eigenvalue weighted by atomic mass is 32.3. The normalized spacial score (nSPS) is 16.0. The van der Waals surface area contributed by atoms with Crippen molar-refractivity contribution in [2.24, 2.45) is 0 Å². The number of hydrogen-bond donors (Lipinski definition) is 0. The summed E-state index contributed by atoms with van der Waals surface area (Å²) in [6.07, 6.45) is -21.7. The van der Waals surface area contributed by atoms with Gasteiger partial charge in [0.15, 0.2) is 0 Å². The number of halogens is 13. The summed E-state index contributed by atoms with van der Waals surface area (Å²) in [5.41, 5.74) is 0. The molecule has 0 fully saturated rings. The molecule has 0 rings (SSSR count). The van der Waals surface area contributed by atoms with Crippen LogP contribution in [0.15, 0.2) is 0 Å². The minimum Gasteiger partial charge on any atom is -0.204 e. The Hall–Kier alpha value is -1.09. The molecule has 0 atom stereocenters. The van der Waals surface area contributed by atoms with Crippen LogP contribution < -0.4 is 0 Å². The summed E-state index contributed by atoms with van der Waals surface area (Å²) in [5.74, 6) is 0. The molecule has 0 aliphatic rings. The van der Waals surface area contributed by atoms with Crippen molar-refractivity contribution in [1.82, 2.24) is 8.61 Å². The fourth-order valence-electron chi connectivity index (χ4n) is 1.12. The first kappa shape index (κ1) is 24.9. The summed E-state index contributed by atoms with van der Waals surface area (Å²) >= 11 is 0. The summed E-state index contributed by atoms with van der Waals surface area (Å²) in [5, 5.41) is 0. The van der Waals surface area contributed by atoms with Gasteiger partial charge >= 0.3 is 50.1 Å². The summed E-state index contributed by atoms with van der Waals surface area (Å²) in [7, 11) is -17.0. The molecule has 0 bridgehead atoms. The molecule has 158 valence electrons. The first-order valence-corrected chi connectivity index (χ1v) is 7.76. The van der Waals surface area contributed by atoms with Crippen molar-refractivity contribution in [2.45, 2.75) is 30.0 Å². The Morgan fingerprint density at radius 2 is 0.885 bits per heavy atom. The van der Waals surface area contributed by atoms with E-state index in [-0.39, 0.29) is 0 Å². The zero-order valence-corrected chi connectivity index (χ0v) is 12.5. The molecule has 0 amide bonds. The molecule has 0 aromatic carbocycles. The highest BCUT2D eigenvalue weighted by Crippen LogP contribution is 2.46. The van der Waals surface area contributed by atoms with Crippen LogP contribution in [0, 0.1) is 0 Å². The van der Waals surface area contributed by atoms with Crippen LogP contribution in [-0.4, -0.2) is 55.5 Å². The lowest BCUT2D eigenvalue weighted by molar-refractivity contribution is -0.335. The second-order valence-corrected chi connectivity index (χ2v) is 7.66. The van der Waals surface area contributed by atoms with Gasteiger partial charge in [-0.1, -0.05) is 0 Å². The zero-order chi connectivity index (χ0) is 21.7. The third kappa shape index (κ3) is 4.24. The van der Waals surface area contributed by atoms with Gasteiger partial charge in [0.05, 0.1) is 0 Å². The molecule has 0 unspecified atom stereocenters. The molecule has 0 aromatic rings. The standard InChI is InChI=1S/C5HF13N2O4S2/c6-1(7)19(2(8,9)10)25(21,22)5(17,18)26(23,24)20(3(11,12)13)4(14,15)16/h1H. The van der Waals surface area contributed by atoms with E-state index in [1.807, 2.05) is 0 Å². The minimum absolute atomic E-state index is 3.51. The molecule has 0 N–H and O–H groups in total. The Kier molecular flexibility index (Phi) is 6.24. The summed E-state index contributed by atoms with van der Waals surface area (Å²) in [4.78, 5) is 0. The maximum absolute atomic E-state index is 13.3. The summed E-state index contributed by atoms with van der Waals surface area (Å²) in [6.45, 7) is -5.54. The van der Waals surface area contributed by atoms with Crippen LogP contribution in [0.2, 0.25) is 0 Å². The van der Waals surface area contributed by atoms with E-state index in [1.165, 1.54) is 0 Å². The van der Waals surface area contributed by atoms with Gasteiger partial charge in [0.2, 0.25) is 0 Å². The lowest BCUT2D eigenvalue weighted by atomic mass is 11.0. The number of sulfonamides is 2. The highest BCUT2D eigenvalue weighted by Gasteiger charge is 2.75. The van der Waals surface area contributed by atoms with Crippen molar-refractivity contribution < 1.29 is 73.9 Å². The predicted octanol–water partition coefficient (Wildman–Crippen LogP) is 2.58. The van der Waals surface area contributed by atoms with E-state index in [1.54, 1.807) is 0 Å². The lowest BCUT2D eigenvalue weighted by Gasteiger charge is -2.31. The van der Waals surface area contributed by atoms with E-state index in [4.69, 9.17) is 0 Å². The molecule has 0 heterocycles. The number of hydrogen-bond acceptors (Lipinski definition) is 4. The number of rotatable bonds is 5. The van der Waals surface area contributed by atoms with Gasteiger partial charge in [0.25, 0.3) is 0 Å². The second kappa shape index (κ2) is 6.51. The topological polar surface area (TPSA) is 74.8 Å². The first-order chi connectivity index (χ1) is 10.9. The van der Waals surface area contributed by atoms with E-state index < -0.39 is 58.7 Å². The second-order valence-electron chi connectivity index (χ2n) is 3.71. The van der Waals surface area contributed by atoms with Crippen LogP contribution in [0.1, 0.15) is 0 Å². The van der Waals surface area contributed by atoms with Gasteiger partial charge < -0.3 is 0 Å². The molecule has 0 spiro atoms. The summed E-state index contributed by atoms with van der Waals surface area (Å²) < 4.78 is 188. The average Bonchev–Trinajstić information content (AvgIpc) is 2.18. The largest absolute Gasteiger partial charge is 0.481 e. The SMILES string of the molecule is O=S(=O)(N(C(F)F)C(F)(F)F)C(F)(F)S(=O)(=O)N(C(F)(F)F)C(F)(F)F. The molecule has 0 radical (unpaired) electrons. The molecule has 0 aliphatic heterocycles. The minimum atomic E-state index is -8.63. The van der Waals surface area contributed by atoms with Gasteiger partial charge in [0, 0.05) is 0 Å². The van der Waals surface area contributed by atoms with Crippen molar-refractivity contribution >= 4 is 20.0 Å². The molecule has 26 heavy (non-hydrogen) atoms. The molecule has 6 nitrogen and oxygen atoms in total. The fourth-order valence-corrected chi connectivity index (χ4v) is 4.12. The quantitative estimate of drug-likeness (QED) is 0.463. The van der Waals surface area contributed by atoms with E-state index >= 15 is 0 Å². The number of nitrogens with zero attached hydrogens (tertiary/aromatic N) is 2. The van der Waals surface area contributed by atoms with E-state index in [2.05, 4.69) is 0 Å². The fraction of sp³-hybridized carbons (Fsp3) is 1.00. The van der Waals surface area contributed by atoms with Crippen LogP contribution in [0.5, 0.6) is 0 Å². The Bertz CT molecular complexity index is 703. The molecule has 21 heteroatoms.